The van der Waals surface area contributed by atoms with E-state index in [1.54, 1.807) is 11.8 Å². The molecule has 6 nitrogen and oxygen atoms in total. The van der Waals surface area contributed by atoms with Crippen molar-refractivity contribution in [1.82, 2.24) is 14.8 Å². The van der Waals surface area contributed by atoms with E-state index in [0.717, 1.165) is 31.3 Å². The van der Waals surface area contributed by atoms with E-state index in [-0.39, 0.29) is 17.9 Å². The number of carbonyl (C=O) groups is 2. The molecule has 0 spiro atoms. The molecule has 2 aliphatic rings. The maximum absolute atomic E-state index is 13.1. The van der Waals surface area contributed by atoms with E-state index in [1.807, 2.05) is 17.0 Å². The van der Waals surface area contributed by atoms with Crippen LogP contribution in [-0.2, 0) is 22.5 Å². The Balaban J connectivity index is 1.48. The highest BCUT2D eigenvalue weighted by atomic mass is 16.6. The third kappa shape index (κ3) is 3.04. The van der Waals surface area contributed by atoms with Gasteiger partial charge in [-0.25, -0.2) is 4.79 Å². The topological polar surface area (TPSA) is 65.6 Å². The highest BCUT2D eigenvalue weighted by molar-refractivity contribution is 5.86. The fourth-order valence-electron chi connectivity index (χ4n) is 4.17. The van der Waals surface area contributed by atoms with Crippen molar-refractivity contribution in [2.45, 2.75) is 32.7 Å². The summed E-state index contributed by atoms with van der Waals surface area (Å²) in [5.74, 6) is 0.0369. The average molecular weight is 355 g/mol. The van der Waals surface area contributed by atoms with E-state index in [0.29, 0.717) is 26.2 Å². The molecular weight excluding hydrogens is 330 g/mol. The number of fused-ring (bicyclic) bond motifs is 3. The van der Waals surface area contributed by atoms with Gasteiger partial charge in [0.25, 0.3) is 0 Å². The van der Waals surface area contributed by atoms with Crippen LogP contribution in [0.5, 0.6) is 0 Å². The van der Waals surface area contributed by atoms with Crippen LogP contribution < -0.4 is 0 Å². The molecule has 1 fully saturated rings. The van der Waals surface area contributed by atoms with Gasteiger partial charge in [0.1, 0.15) is 0 Å². The van der Waals surface area contributed by atoms with Crippen molar-refractivity contribution in [1.29, 1.82) is 0 Å². The normalized spacial score (nSPS) is 20.1. The van der Waals surface area contributed by atoms with Crippen LogP contribution in [0.4, 0.5) is 4.79 Å². The Hall–Kier alpha value is -2.50. The molecule has 26 heavy (non-hydrogen) atoms. The van der Waals surface area contributed by atoms with Crippen LogP contribution in [0.2, 0.25) is 0 Å². The Labute approximate surface area is 153 Å². The third-order valence-corrected chi connectivity index (χ3v) is 5.49. The summed E-state index contributed by atoms with van der Waals surface area (Å²) in [7, 11) is 0. The molecule has 1 atom stereocenters. The molecule has 1 unspecified atom stereocenters. The Morgan fingerprint density at radius 3 is 2.92 bits per heavy atom. The monoisotopic (exact) mass is 355 g/mol. The zero-order chi connectivity index (χ0) is 18.1. The number of nitrogens with zero attached hydrogens (tertiary/aromatic N) is 2. The van der Waals surface area contributed by atoms with Gasteiger partial charge < -0.3 is 19.5 Å². The number of hydrogen-bond donors (Lipinski definition) is 1. The summed E-state index contributed by atoms with van der Waals surface area (Å²) in [4.78, 5) is 32.2. The number of aromatic nitrogens is 1. The molecule has 4 rings (SSSR count). The first-order chi connectivity index (χ1) is 12.7. The molecule has 0 radical (unpaired) electrons. The number of hydrogen-bond acceptors (Lipinski definition) is 3. The van der Waals surface area contributed by atoms with Gasteiger partial charge in [-0.1, -0.05) is 18.2 Å². The molecule has 1 aromatic heterocycles. The summed E-state index contributed by atoms with van der Waals surface area (Å²) >= 11 is 0. The summed E-state index contributed by atoms with van der Waals surface area (Å²) in [6.07, 6.45) is 2.24. The lowest BCUT2D eigenvalue weighted by molar-refractivity contribution is -0.138. The van der Waals surface area contributed by atoms with Crippen molar-refractivity contribution >= 4 is 22.9 Å². The first kappa shape index (κ1) is 16.9. The zero-order valence-electron chi connectivity index (χ0n) is 15.2. The minimum absolute atomic E-state index is 0.125. The second-order valence-electron chi connectivity index (χ2n) is 7.12. The molecule has 1 aromatic carbocycles. The number of rotatable bonds is 2. The summed E-state index contributed by atoms with van der Waals surface area (Å²) in [5, 5.41) is 1.21. The van der Waals surface area contributed by atoms with Gasteiger partial charge in [0.15, 0.2) is 0 Å². The molecule has 138 valence electrons. The van der Waals surface area contributed by atoms with Gasteiger partial charge in [0, 0.05) is 54.8 Å². The molecule has 2 aromatic rings. The van der Waals surface area contributed by atoms with Gasteiger partial charge in [0.2, 0.25) is 5.91 Å². The van der Waals surface area contributed by atoms with Crippen LogP contribution in [0, 0.1) is 5.92 Å². The highest BCUT2D eigenvalue weighted by Gasteiger charge is 2.33. The SMILES string of the molecule is CCOC(=O)N1CCCC(C(=O)N2CCc3[nH]c4ccccc4c3C2)C1. The van der Waals surface area contributed by atoms with E-state index in [9.17, 15) is 9.59 Å². The number of ether oxygens (including phenoxy) is 1. The maximum atomic E-state index is 13.1. The average Bonchev–Trinajstić information content (AvgIpc) is 3.05. The largest absolute Gasteiger partial charge is 0.450 e. The van der Waals surface area contributed by atoms with Crippen molar-refractivity contribution in [3.05, 3.63) is 35.5 Å². The Morgan fingerprint density at radius 1 is 1.23 bits per heavy atom. The Bertz CT molecular complexity index is 829. The molecule has 0 saturated carbocycles. The summed E-state index contributed by atoms with van der Waals surface area (Å²) in [5.41, 5.74) is 3.61. The second-order valence-corrected chi connectivity index (χ2v) is 7.12. The van der Waals surface area contributed by atoms with Gasteiger partial charge in [-0.15, -0.1) is 0 Å². The number of nitrogens with one attached hydrogen (secondary N) is 1. The summed E-state index contributed by atoms with van der Waals surface area (Å²) in [6, 6.07) is 8.26. The number of aromatic amines is 1. The zero-order valence-corrected chi connectivity index (χ0v) is 15.2. The Kier molecular flexibility index (Phi) is 4.57. The van der Waals surface area contributed by atoms with Crippen LogP contribution in [0.15, 0.2) is 24.3 Å². The molecule has 0 aliphatic carbocycles. The first-order valence-corrected chi connectivity index (χ1v) is 9.46. The Morgan fingerprint density at radius 2 is 2.08 bits per heavy atom. The van der Waals surface area contributed by atoms with Crippen molar-refractivity contribution in [2.24, 2.45) is 5.92 Å². The van der Waals surface area contributed by atoms with E-state index >= 15 is 0 Å². The third-order valence-electron chi connectivity index (χ3n) is 5.49. The lowest BCUT2D eigenvalue weighted by atomic mass is 9.95. The summed E-state index contributed by atoms with van der Waals surface area (Å²) < 4.78 is 5.10. The van der Waals surface area contributed by atoms with E-state index in [2.05, 4.69) is 17.1 Å². The molecule has 1 N–H and O–H groups in total. The minimum atomic E-state index is -0.303. The van der Waals surface area contributed by atoms with Crippen molar-refractivity contribution in [3.63, 3.8) is 0 Å². The smallest absolute Gasteiger partial charge is 0.409 e. The molecule has 1 saturated heterocycles. The molecule has 6 heteroatoms. The molecule has 3 heterocycles. The molecule has 2 aliphatic heterocycles. The number of benzene rings is 1. The van der Waals surface area contributed by atoms with Crippen molar-refractivity contribution in [2.75, 3.05) is 26.2 Å². The van der Waals surface area contributed by atoms with Crippen LogP contribution >= 0.6 is 0 Å². The first-order valence-electron chi connectivity index (χ1n) is 9.46. The number of piperidine rings is 1. The standard InChI is InChI=1S/C20H25N3O3/c1-2-26-20(25)23-10-5-6-14(12-23)19(24)22-11-9-18-16(13-22)15-7-3-4-8-17(15)21-18/h3-4,7-8,14,21H,2,5-6,9-13H2,1H3. The molecule has 2 amide bonds. The number of amides is 2. The fraction of sp³-hybridized carbons (Fsp3) is 0.500. The van der Waals surface area contributed by atoms with Gasteiger partial charge >= 0.3 is 6.09 Å². The van der Waals surface area contributed by atoms with E-state index in [4.69, 9.17) is 4.74 Å². The number of H-pyrrole nitrogens is 1. The van der Waals surface area contributed by atoms with Gasteiger partial charge in [0.05, 0.1) is 12.5 Å². The predicted molar refractivity (Wildman–Crippen MR) is 98.7 cm³/mol. The van der Waals surface area contributed by atoms with Crippen molar-refractivity contribution < 1.29 is 14.3 Å². The number of para-hydroxylation sites is 1. The predicted octanol–water partition coefficient (Wildman–Crippen LogP) is 2.92. The maximum Gasteiger partial charge on any atom is 0.409 e. The van der Waals surface area contributed by atoms with E-state index in [1.165, 1.54) is 16.6 Å². The van der Waals surface area contributed by atoms with Gasteiger partial charge in [-0.3, -0.25) is 4.79 Å². The molecular formula is C20H25N3O3. The van der Waals surface area contributed by atoms with Crippen LogP contribution in [0.25, 0.3) is 10.9 Å². The van der Waals surface area contributed by atoms with E-state index < -0.39 is 0 Å². The van der Waals surface area contributed by atoms with Crippen LogP contribution in [-0.4, -0.2) is 53.0 Å². The lowest BCUT2D eigenvalue weighted by Gasteiger charge is -2.35. The second kappa shape index (κ2) is 7.02. The lowest BCUT2D eigenvalue weighted by Crippen LogP contribution is -2.47. The van der Waals surface area contributed by atoms with Crippen LogP contribution in [0.3, 0.4) is 0 Å². The van der Waals surface area contributed by atoms with Gasteiger partial charge in [-0.2, -0.15) is 0 Å². The van der Waals surface area contributed by atoms with Gasteiger partial charge in [-0.05, 0) is 25.8 Å². The fourth-order valence-corrected chi connectivity index (χ4v) is 4.17. The van der Waals surface area contributed by atoms with Crippen molar-refractivity contribution in [3.8, 4) is 0 Å². The number of likely N-dealkylation sites (tertiary alicyclic amines) is 1. The summed E-state index contributed by atoms with van der Waals surface area (Å²) in [6.45, 7) is 4.69. The quantitative estimate of drug-likeness (QED) is 0.901. The highest BCUT2D eigenvalue weighted by Crippen LogP contribution is 2.29. The molecule has 0 bridgehead atoms. The van der Waals surface area contributed by atoms with Crippen LogP contribution in [0.1, 0.15) is 31.0 Å². The number of carbonyl (C=O) groups excluding carboxylic acids is 2. The minimum Gasteiger partial charge on any atom is -0.450 e.